The van der Waals surface area contributed by atoms with Gasteiger partial charge in [0, 0.05) is 7.11 Å². The van der Waals surface area contributed by atoms with Crippen LogP contribution in [0.15, 0.2) is 24.0 Å². The maximum absolute atomic E-state index is 5.81. The molecule has 0 aliphatic heterocycles. The Bertz CT molecular complexity index is 213. The summed E-state index contributed by atoms with van der Waals surface area (Å²) in [5, 5.41) is 0. The zero-order valence-corrected chi connectivity index (χ0v) is 9.13. The van der Waals surface area contributed by atoms with Crippen molar-refractivity contribution in [1.29, 1.82) is 0 Å². The first-order valence-corrected chi connectivity index (χ1v) is 7.54. The Morgan fingerprint density at radius 2 is 2.00 bits per heavy atom. The number of hydrogen-bond acceptors (Lipinski definition) is 2. The maximum atomic E-state index is 5.81. The minimum absolute atomic E-state index is 0.0386. The van der Waals surface area contributed by atoms with Crippen molar-refractivity contribution in [2.75, 3.05) is 7.11 Å². The van der Waals surface area contributed by atoms with E-state index < -0.39 is 8.32 Å². The first kappa shape index (κ1) is 9.54. The first-order valence-electron chi connectivity index (χ1n) is 4.13. The van der Waals surface area contributed by atoms with Gasteiger partial charge in [-0.15, -0.1) is 0 Å². The molecule has 0 radical (unpaired) electrons. The number of ether oxygens (including phenoxy) is 1. The first-order chi connectivity index (χ1) is 5.53. The molecule has 0 aromatic heterocycles. The third-order valence-electron chi connectivity index (χ3n) is 1.50. The van der Waals surface area contributed by atoms with Crippen LogP contribution in [-0.4, -0.2) is 21.5 Å². The number of methoxy groups -OCH3 is 1. The second kappa shape index (κ2) is 3.45. The van der Waals surface area contributed by atoms with Crippen molar-refractivity contribution in [3.05, 3.63) is 24.0 Å². The van der Waals surface area contributed by atoms with Crippen LogP contribution >= 0.6 is 0 Å². The van der Waals surface area contributed by atoms with Gasteiger partial charge >= 0.3 is 0 Å². The van der Waals surface area contributed by atoms with Crippen LogP contribution in [0.25, 0.3) is 0 Å². The van der Waals surface area contributed by atoms with Crippen LogP contribution in [0.5, 0.6) is 0 Å². The minimum atomic E-state index is -1.47. The Labute approximate surface area is 75.0 Å². The van der Waals surface area contributed by atoms with E-state index in [4.69, 9.17) is 9.16 Å². The van der Waals surface area contributed by atoms with Crippen molar-refractivity contribution in [3.8, 4) is 0 Å². The molecule has 1 aliphatic carbocycles. The fraction of sp³-hybridized carbons (Fsp3) is 0.556. The van der Waals surface area contributed by atoms with Gasteiger partial charge in [-0.2, -0.15) is 0 Å². The van der Waals surface area contributed by atoms with Crippen molar-refractivity contribution in [1.82, 2.24) is 0 Å². The van der Waals surface area contributed by atoms with Gasteiger partial charge in [0.05, 0.1) is 0 Å². The molecule has 12 heavy (non-hydrogen) atoms. The monoisotopic (exact) mass is 184 g/mol. The van der Waals surface area contributed by atoms with Crippen LogP contribution in [0, 0.1) is 0 Å². The average Bonchev–Trinajstić information content (AvgIpc) is 2.31. The minimum Gasteiger partial charge on any atom is -0.545 e. The van der Waals surface area contributed by atoms with E-state index in [-0.39, 0.29) is 6.10 Å². The van der Waals surface area contributed by atoms with Crippen LogP contribution < -0.4 is 0 Å². The van der Waals surface area contributed by atoms with E-state index in [1.54, 1.807) is 7.11 Å². The Kier molecular flexibility index (Phi) is 2.75. The van der Waals surface area contributed by atoms with Gasteiger partial charge in [0.25, 0.3) is 0 Å². The molecule has 0 saturated carbocycles. The molecule has 1 atom stereocenters. The summed E-state index contributed by atoms with van der Waals surface area (Å²) in [4.78, 5) is 0. The van der Waals surface area contributed by atoms with E-state index in [0.29, 0.717) is 0 Å². The fourth-order valence-corrected chi connectivity index (χ4v) is 1.97. The molecule has 0 amide bonds. The second-order valence-corrected chi connectivity index (χ2v) is 8.25. The van der Waals surface area contributed by atoms with Crippen molar-refractivity contribution in [2.24, 2.45) is 0 Å². The summed E-state index contributed by atoms with van der Waals surface area (Å²) in [5.74, 6) is 0.955. The normalized spacial score (nSPS) is 22.7. The summed E-state index contributed by atoms with van der Waals surface area (Å²) in [5.41, 5.74) is 0. The maximum Gasteiger partial charge on any atom is 0.241 e. The summed E-state index contributed by atoms with van der Waals surface area (Å²) in [6.45, 7) is 6.50. The molecule has 0 heterocycles. The highest BCUT2D eigenvalue weighted by Crippen LogP contribution is 2.20. The summed E-state index contributed by atoms with van der Waals surface area (Å²) in [7, 11) is 0.228. The van der Waals surface area contributed by atoms with E-state index in [1.807, 2.05) is 18.2 Å². The second-order valence-electron chi connectivity index (χ2n) is 3.82. The molecule has 0 bridgehead atoms. The summed E-state index contributed by atoms with van der Waals surface area (Å²) in [6.07, 6.45) is 5.99. The van der Waals surface area contributed by atoms with Gasteiger partial charge in [-0.05, 0) is 31.8 Å². The van der Waals surface area contributed by atoms with Gasteiger partial charge in [0.15, 0.2) is 0 Å². The van der Waals surface area contributed by atoms with Crippen LogP contribution in [0.2, 0.25) is 19.6 Å². The summed E-state index contributed by atoms with van der Waals surface area (Å²) in [6, 6.07) is 0. The average molecular weight is 184 g/mol. The van der Waals surface area contributed by atoms with Crippen molar-refractivity contribution in [3.63, 3.8) is 0 Å². The van der Waals surface area contributed by atoms with Crippen LogP contribution in [0.3, 0.4) is 0 Å². The number of hydrogen-bond donors (Lipinski definition) is 0. The molecule has 0 N–H and O–H groups in total. The fourth-order valence-electron chi connectivity index (χ4n) is 1.08. The summed E-state index contributed by atoms with van der Waals surface area (Å²) >= 11 is 0. The largest absolute Gasteiger partial charge is 0.545 e. The van der Waals surface area contributed by atoms with Crippen LogP contribution in [0.1, 0.15) is 0 Å². The van der Waals surface area contributed by atoms with Crippen LogP contribution in [-0.2, 0) is 9.16 Å². The molecule has 1 rings (SSSR count). The van der Waals surface area contributed by atoms with E-state index >= 15 is 0 Å². The van der Waals surface area contributed by atoms with Gasteiger partial charge in [-0.3, -0.25) is 0 Å². The van der Waals surface area contributed by atoms with E-state index in [0.717, 1.165) is 5.76 Å². The topological polar surface area (TPSA) is 18.5 Å². The molecular formula is C9H16O2Si. The Morgan fingerprint density at radius 3 is 2.50 bits per heavy atom. The predicted molar refractivity (Wildman–Crippen MR) is 52.5 cm³/mol. The Balaban J connectivity index is 2.55. The highest BCUT2D eigenvalue weighted by atomic mass is 28.4. The van der Waals surface area contributed by atoms with E-state index in [1.165, 1.54) is 0 Å². The molecule has 2 nitrogen and oxygen atoms in total. The molecule has 0 spiro atoms. The molecule has 3 heteroatoms. The van der Waals surface area contributed by atoms with E-state index in [9.17, 15) is 0 Å². The SMILES string of the molecule is COC1C=CC=C1O[Si](C)(C)C. The van der Waals surface area contributed by atoms with Gasteiger partial charge in [-0.25, -0.2) is 0 Å². The van der Waals surface area contributed by atoms with Crippen LogP contribution in [0.4, 0.5) is 0 Å². The lowest BCUT2D eigenvalue weighted by Gasteiger charge is -2.23. The molecule has 0 aromatic rings. The predicted octanol–water partition coefficient (Wildman–Crippen LogP) is 2.31. The molecule has 0 aromatic carbocycles. The number of allylic oxidation sites excluding steroid dienone is 2. The Morgan fingerprint density at radius 1 is 1.33 bits per heavy atom. The lowest BCUT2D eigenvalue weighted by molar-refractivity contribution is 0.135. The lowest BCUT2D eigenvalue weighted by Crippen LogP contribution is -2.28. The standard InChI is InChI=1S/C9H16O2Si/c1-10-8-6-5-7-9(8)11-12(2,3)4/h5-8H,1-4H3. The summed E-state index contributed by atoms with van der Waals surface area (Å²) < 4.78 is 11.0. The lowest BCUT2D eigenvalue weighted by atomic mass is 10.4. The van der Waals surface area contributed by atoms with Crippen molar-refractivity contribution >= 4 is 8.32 Å². The third-order valence-corrected chi connectivity index (χ3v) is 2.35. The highest BCUT2D eigenvalue weighted by molar-refractivity contribution is 6.70. The van der Waals surface area contributed by atoms with Crippen molar-refractivity contribution < 1.29 is 9.16 Å². The van der Waals surface area contributed by atoms with Gasteiger partial charge < -0.3 is 9.16 Å². The molecule has 0 saturated heterocycles. The molecular weight excluding hydrogens is 168 g/mol. The zero-order valence-electron chi connectivity index (χ0n) is 8.13. The Hall–Kier alpha value is -0.543. The molecule has 0 fully saturated rings. The van der Waals surface area contributed by atoms with E-state index in [2.05, 4.69) is 19.6 Å². The highest BCUT2D eigenvalue weighted by Gasteiger charge is 2.23. The molecule has 1 unspecified atom stereocenters. The molecule has 68 valence electrons. The smallest absolute Gasteiger partial charge is 0.241 e. The zero-order chi connectivity index (χ0) is 9.19. The number of rotatable bonds is 3. The van der Waals surface area contributed by atoms with Gasteiger partial charge in [0.1, 0.15) is 11.9 Å². The van der Waals surface area contributed by atoms with Gasteiger partial charge in [0.2, 0.25) is 8.32 Å². The third kappa shape index (κ3) is 2.50. The van der Waals surface area contributed by atoms with Crippen molar-refractivity contribution in [2.45, 2.75) is 25.7 Å². The quantitative estimate of drug-likeness (QED) is 0.627. The van der Waals surface area contributed by atoms with Gasteiger partial charge in [-0.1, -0.05) is 6.08 Å². The molecule has 1 aliphatic rings.